The number of hydrogen-bond acceptors (Lipinski definition) is 22. The number of carboxylic acid groups (broad SMARTS) is 1. The number of carboxylic acids is 1. The Labute approximate surface area is 814 Å². The van der Waals surface area contributed by atoms with Crippen LogP contribution in [0, 0.1) is 53.9 Å². The van der Waals surface area contributed by atoms with Crippen LogP contribution in [0.15, 0.2) is 269 Å². The number of hydrogen-bond donors (Lipinski definition) is 1. The number of aromatic carboxylic acids is 1. The van der Waals surface area contributed by atoms with Crippen molar-refractivity contribution in [1.29, 1.82) is 0 Å². The summed E-state index contributed by atoms with van der Waals surface area (Å²) in [6.07, 6.45) is 28.1. The maximum Gasteiger partial charge on any atom is 4.00 e. The topological polar surface area (TPSA) is 415 Å². The Balaban J connectivity index is 0.000000301. The zero-order valence-electron chi connectivity index (χ0n) is 69.7. The first-order valence-corrected chi connectivity index (χ1v) is 43.2. The van der Waals surface area contributed by atoms with Gasteiger partial charge in [-0.3, -0.25) is 63.5 Å². The third-order valence-corrected chi connectivity index (χ3v) is 18.7. The first-order valence-electron chi connectivity index (χ1n) is 37.6. The van der Waals surface area contributed by atoms with E-state index in [1.54, 1.807) is 87.2 Å². The van der Waals surface area contributed by atoms with Crippen molar-refractivity contribution >= 4 is 49.2 Å². The summed E-state index contributed by atoms with van der Waals surface area (Å²) >= 11 is -0.472. The zero-order valence-corrected chi connectivity index (χ0v) is 82.9. The molecule has 0 radical (unpaired) electrons. The molecule has 20 rings (SSSR count). The summed E-state index contributed by atoms with van der Waals surface area (Å²) < 4.78 is 0. The van der Waals surface area contributed by atoms with Crippen LogP contribution in [0.4, 0.5) is 0 Å². The van der Waals surface area contributed by atoms with Gasteiger partial charge in [0.05, 0.1) is 35.2 Å². The molecule has 0 spiro atoms. The molecule has 0 amide bonds. The second-order valence-corrected chi connectivity index (χ2v) is 30.6. The van der Waals surface area contributed by atoms with E-state index >= 15 is 0 Å². The molecular formula is C91H86Cl2N26O4OsPt4-2. The Hall–Kier alpha value is -11.8. The maximum absolute atomic E-state index is 10.1. The number of benzene rings is 1. The second kappa shape index (κ2) is 56.4. The molecule has 128 heavy (non-hydrogen) atoms. The first kappa shape index (κ1) is 109. The third kappa shape index (κ3) is 31.3. The molecule has 2 unspecified atom stereocenters. The van der Waals surface area contributed by atoms with Crippen LogP contribution in [0.2, 0.25) is 0 Å². The number of pyridine rings is 7. The maximum atomic E-state index is 10.1. The fourth-order valence-corrected chi connectivity index (χ4v) is 12.6. The Morgan fingerprint density at radius 2 is 0.898 bits per heavy atom. The molecule has 2 aliphatic carbocycles. The Kier molecular flexibility index (Phi) is 47.9. The number of rotatable bonds is 9. The standard InChI is InChI=1S/C20H20N3.2C10H9N2.2C9H8N3.3C8H7N4.C6H5NO2.2CHO.CH4.2ClH.Os.4Pt/c1-19(2)14-8-10-20(19,3)18-15(14)17(22-23-18)16-13-7-5-4-6-12(13)9-11-21-16;1-8-6-9(7-12-8)10-4-2-3-5-11-10;1-8-6-10(12-7-8)9-4-2-3-5-11-9;2*1-7-6-9(12-11-7)8-4-2-3-5-10-8;2*1-6-4-7(12-11-6)8-5-9-2-3-10-8;1-6-10-8(12-11-6)7-4-2-3-5-9-7;8-6(9)5-3-1-2-4-7-5;2*1-2;;;;;;;;/h4-7,9,11,14H,8,10H2,1-3H3;2*2-7H,1H3;2*2-6H,1H3;3*2-5H,1H3;1-4H,(H,8,9);2*1H;1H4;2*1H;;;;;/q8*-1;;2*-1;;;;+4;;3*+2/p-2. The number of aryl methyl sites for hydroxylation is 7. The van der Waals surface area contributed by atoms with E-state index in [-0.39, 0.29) is 107 Å². The number of aromatic nitrogens is 26. The number of halogens is 2. The van der Waals surface area contributed by atoms with Crippen LogP contribution >= 0.6 is 18.8 Å². The number of carbonyl (C=O) groups is 1. The number of carbonyl (C=O) groups excluding carboxylic acids is 2. The van der Waals surface area contributed by atoms with Crippen molar-refractivity contribution in [1.82, 2.24) is 131 Å². The normalized spacial score (nSPS) is 12.4. The van der Waals surface area contributed by atoms with Gasteiger partial charge < -0.3 is 90.7 Å². The van der Waals surface area contributed by atoms with Crippen LogP contribution in [0.1, 0.15) is 109 Å². The van der Waals surface area contributed by atoms with Gasteiger partial charge in [-0.25, -0.2) is 9.78 Å². The molecule has 1 fully saturated rings. The minimum Gasteiger partial charge on any atom is 0 e. The molecular weight excluding hydrogens is 2560 g/mol. The van der Waals surface area contributed by atoms with Gasteiger partial charge in [-0.15, -0.1) is 11.3 Å². The van der Waals surface area contributed by atoms with Crippen molar-refractivity contribution in [3.63, 3.8) is 0 Å². The second-order valence-electron chi connectivity index (χ2n) is 27.4. The molecule has 1 N–H and O–H groups in total. The van der Waals surface area contributed by atoms with Crippen molar-refractivity contribution in [3.8, 4) is 91.1 Å². The molecule has 1 saturated carbocycles. The molecule has 2 atom stereocenters. The van der Waals surface area contributed by atoms with Crippen molar-refractivity contribution in [2.45, 2.75) is 101 Å². The van der Waals surface area contributed by atoms with Crippen LogP contribution in [0.3, 0.4) is 0 Å². The summed E-state index contributed by atoms with van der Waals surface area (Å²) in [6.45, 7) is 27.1. The molecule has 18 aromatic rings. The van der Waals surface area contributed by atoms with Gasteiger partial charge >= 0.3 is 103 Å². The molecule has 0 saturated heterocycles. The Morgan fingerprint density at radius 3 is 1.27 bits per heavy atom. The van der Waals surface area contributed by atoms with Gasteiger partial charge in [-0.05, 0) is 161 Å². The SMILES string of the molecule is C.CC12CCC(c3c1n[n-]c3-c1nccc3ccccc13)C2(C)C.Cc1c[n-]c(-c2ccccn2)c1.Cc1cc(-c2ccccn2)[cH-]n1.Cc1cc(-c2ccccn2)[n-]n1.Cc1cc(-c2ccccn2)[n-]n1.Cc1cc(-c2cnccn2)[n-]n1.Cc1cc(-c2cnccn2)[n-]n1.Cc1n[n-]c(-c2ccccn2)n1.O=C(O)c1ccccn1.[CH-]=O.[CH-]=O.[Cl][Pt][Cl].[Os+4].[Pt+2].[Pt+2].[Pt]. The number of nitrogens with zero attached hydrogens (tertiary/aromatic N) is 26. The fourth-order valence-electron chi connectivity index (χ4n) is 12.6. The molecule has 37 heteroatoms. The van der Waals surface area contributed by atoms with Gasteiger partial charge in [0.1, 0.15) is 5.69 Å². The van der Waals surface area contributed by atoms with Gasteiger partial charge in [-0.1, -0.05) is 178 Å². The quantitative estimate of drug-likeness (QED) is 0.104. The largest absolute Gasteiger partial charge is 4.00 e. The molecule has 30 nitrogen and oxygen atoms in total. The van der Waals surface area contributed by atoms with Crippen molar-refractivity contribution in [2.75, 3.05) is 0 Å². The molecule has 17 heterocycles. The van der Waals surface area contributed by atoms with Crippen molar-refractivity contribution in [2.24, 2.45) is 5.41 Å². The predicted molar refractivity (Wildman–Crippen MR) is 471 cm³/mol. The molecule has 2 bridgehead atoms. The molecule has 17 aromatic heterocycles. The van der Waals surface area contributed by atoms with Crippen LogP contribution in [-0.4, -0.2) is 120 Å². The van der Waals surface area contributed by atoms with Crippen LogP contribution in [-0.2, 0) is 114 Å². The van der Waals surface area contributed by atoms with E-state index in [0.717, 1.165) is 114 Å². The van der Waals surface area contributed by atoms with Crippen LogP contribution in [0.25, 0.3) is 102 Å². The monoisotopic (exact) mass is 2650 g/mol. The Bertz CT molecular complexity index is 5350. The minimum atomic E-state index is -0.990. The van der Waals surface area contributed by atoms with Crippen LogP contribution in [0.5, 0.6) is 0 Å². The van der Waals surface area contributed by atoms with Gasteiger partial charge in [0, 0.05) is 151 Å². The Morgan fingerprint density at radius 1 is 0.469 bits per heavy atom. The van der Waals surface area contributed by atoms with Gasteiger partial charge in [-0.2, -0.15) is 12.3 Å². The third-order valence-electron chi connectivity index (χ3n) is 18.7. The van der Waals surface area contributed by atoms with Gasteiger partial charge in [0.15, 0.2) is 0 Å². The molecule has 668 valence electrons. The minimum absolute atomic E-state index is 0. The van der Waals surface area contributed by atoms with E-state index in [4.69, 9.17) is 33.5 Å². The van der Waals surface area contributed by atoms with E-state index in [0.29, 0.717) is 17.6 Å². The zero-order chi connectivity index (χ0) is 87.9. The summed E-state index contributed by atoms with van der Waals surface area (Å²) in [4.78, 5) is 83.3. The van der Waals surface area contributed by atoms with Gasteiger partial charge in [0.25, 0.3) is 0 Å². The smallest absolute Gasteiger partial charge is 0 e. The van der Waals surface area contributed by atoms with E-state index in [1.807, 2.05) is 188 Å². The summed E-state index contributed by atoms with van der Waals surface area (Å²) in [7, 11) is 9.75. The van der Waals surface area contributed by atoms with E-state index in [9.17, 15) is 4.79 Å². The van der Waals surface area contributed by atoms with Crippen LogP contribution < -0.4 is 35.6 Å². The first-order chi connectivity index (χ1) is 59.8. The summed E-state index contributed by atoms with van der Waals surface area (Å²) in [5.41, 5.74) is 22.2. The van der Waals surface area contributed by atoms with E-state index < -0.39 is 22.5 Å². The molecule has 2 aliphatic rings. The average molecular weight is 2650 g/mol. The van der Waals surface area contributed by atoms with Crippen molar-refractivity contribution in [3.05, 3.63) is 326 Å². The van der Waals surface area contributed by atoms with Crippen molar-refractivity contribution < 1.29 is 119 Å². The molecule has 0 aliphatic heterocycles. The fraction of sp³-hybridized carbons (Fsp3) is 0.176. The van der Waals surface area contributed by atoms with E-state index in [2.05, 4.69) is 196 Å². The summed E-state index contributed by atoms with van der Waals surface area (Å²) in [5, 5.41) is 59.0. The summed E-state index contributed by atoms with van der Waals surface area (Å²) in [5.74, 6) is 0.827. The summed E-state index contributed by atoms with van der Waals surface area (Å²) in [6, 6.07) is 55.7. The average Bonchev–Trinajstić information content (AvgIpc) is 1.52. The van der Waals surface area contributed by atoms with Gasteiger partial charge in [0.2, 0.25) is 0 Å². The molecule has 1 aromatic carbocycles. The van der Waals surface area contributed by atoms with E-state index in [1.165, 1.54) is 52.7 Å². The number of fused-ring (bicyclic) bond motifs is 6. The predicted octanol–water partition coefficient (Wildman–Crippen LogP) is 16.1.